The van der Waals surface area contributed by atoms with Crippen LogP contribution in [0.25, 0.3) is 10.4 Å². The van der Waals surface area contributed by atoms with E-state index in [1.165, 1.54) is 17.4 Å². The number of rotatable bonds is 4. The number of aryl methyl sites for hydroxylation is 1. The van der Waals surface area contributed by atoms with Crippen molar-refractivity contribution in [2.45, 2.75) is 26.7 Å². The second-order valence-corrected chi connectivity index (χ2v) is 5.85. The highest BCUT2D eigenvalue weighted by Gasteiger charge is 2.18. The lowest BCUT2D eigenvalue weighted by molar-refractivity contribution is -0.384. The van der Waals surface area contributed by atoms with Crippen molar-refractivity contribution in [3.8, 4) is 16.5 Å². The summed E-state index contributed by atoms with van der Waals surface area (Å²) in [5.41, 5.74) is 9.07. The predicted molar refractivity (Wildman–Crippen MR) is 84.3 cm³/mol. The van der Waals surface area contributed by atoms with Crippen molar-refractivity contribution >= 4 is 22.7 Å². The van der Waals surface area contributed by atoms with E-state index in [1.807, 2.05) is 19.9 Å². The number of nitro benzene ring substituents is 1. The summed E-state index contributed by atoms with van der Waals surface area (Å²) in [6.45, 7) is 3.85. The molecule has 0 bridgehead atoms. The zero-order chi connectivity index (χ0) is 15.6. The van der Waals surface area contributed by atoms with Gasteiger partial charge in [-0.05, 0) is 30.0 Å². The molecule has 6 heteroatoms. The highest BCUT2D eigenvalue weighted by molar-refractivity contribution is 7.16. The van der Waals surface area contributed by atoms with E-state index in [0.717, 1.165) is 34.4 Å². The zero-order valence-electron chi connectivity index (χ0n) is 11.8. The van der Waals surface area contributed by atoms with Crippen molar-refractivity contribution in [2.24, 2.45) is 0 Å². The molecule has 0 aliphatic carbocycles. The van der Waals surface area contributed by atoms with Crippen molar-refractivity contribution < 1.29 is 4.92 Å². The summed E-state index contributed by atoms with van der Waals surface area (Å²) in [6.07, 6.45) is 1.65. The number of nitrogens with zero attached hydrogens (tertiary/aromatic N) is 2. The standard InChI is InChI=1S/C15H15N3O2S/c1-3-4-12-14(17)13(8-16)21-15(12)10-5-9(2)6-11(7-10)18(19)20/h5-7H,3-4,17H2,1-2H3. The molecule has 0 aliphatic heterocycles. The van der Waals surface area contributed by atoms with E-state index in [4.69, 9.17) is 11.0 Å². The molecule has 108 valence electrons. The minimum atomic E-state index is -0.405. The molecule has 0 saturated heterocycles. The van der Waals surface area contributed by atoms with Gasteiger partial charge in [-0.3, -0.25) is 10.1 Å². The Hall–Kier alpha value is -2.39. The van der Waals surface area contributed by atoms with Gasteiger partial charge in [-0.15, -0.1) is 11.3 Å². The summed E-state index contributed by atoms with van der Waals surface area (Å²) in [5, 5.41) is 20.1. The molecule has 5 nitrogen and oxygen atoms in total. The number of nitrogens with two attached hydrogens (primary N) is 1. The summed E-state index contributed by atoms with van der Waals surface area (Å²) in [7, 11) is 0. The third-order valence-corrected chi connectivity index (χ3v) is 4.39. The number of benzene rings is 1. The molecule has 2 rings (SSSR count). The topological polar surface area (TPSA) is 93.0 Å². The first-order chi connectivity index (χ1) is 9.97. The molecule has 0 fully saturated rings. The van der Waals surface area contributed by atoms with Crippen LogP contribution in [-0.4, -0.2) is 4.92 Å². The molecular weight excluding hydrogens is 286 g/mol. The van der Waals surface area contributed by atoms with Crippen molar-refractivity contribution in [3.05, 3.63) is 44.3 Å². The second kappa shape index (κ2) is 5.94. The lowest BCUT2D eigenvalue weighted by Crippen LogP contribution is -1.94. The van der Waals surface area contributed by atoms with Gasteiger partial charge in [0, 0.05) is 17.0 Å². The maximum atomic E-state index is 11.0. The molecule has 1 aromatic heterocycles. The van der Waals surface area contributed by atoms with Crippen molar-refractivity contribution in [1.29, 1.82) is 5.26 Å². The Kier molecular flexibility index (Phi) is 4.24. The van der Waals surface area contributed by atoms with E-state index in [-0.39, 0.29) is 5.69 Å². The summed E-state index contributed by atoms with van der Waals surface area (Å²) < 4.78 is 0. The SMILES string of the molecule is CCCc1c(-c2cc(C)cc([N+](=O)[O-])c2)sc(C#N)c1N. The van der Waals surface area contributed by atoms with Crippen molar-refractivity contribution in [2.75, 3.05) is 5.73 Å². The van der Waals surface area contributed by atoms with Gasteiger partial charge in [-0.2, -0.15) is 5.26 Å². The predicted octanol–water partition coefficient (Wildman–Crippen LogP) is 4.04. The van der Waals surface area contributed by atoms with Crippen LogP contribution in [-0.2, 0) is 6.42 Å². The summed E-state index contributed by atoms with van der Waals surface area (Å²) in [4.78, 5) is 11.9. The van der Waals surface area contributed by atoms with Crippen LogP contribution in [0.15, 0.2) is 18.2 Å². The zero-order valence-corrected chi connectivity index (χ0v) is 12.7. The molecule has 0 saturated carbocycles. The monoisotopic (exact) mass is 301 g/mol. The highest BCUT2D eigenvalue weighted by atomic mass is 32.1. The molecule has 1 aromatic carbocycles. The van der Waals surface area contributed by atoms with E-state index >= 15 is 0 Å². The fourth-order valence-electron chi connectivity index (χ4n) is 2.29. The number of nitro groups is 1. The van der Waals surface area contributed by atoms with Crippen LogP contribution in [0.4, 0.5) is 11.4 Å². The Bertz CT molecular complexity index is 744. The van der Waals surface area contributed by atoms with Gasteiger partial charge in [0.25, 0.3) is 5.69 Å². The first-order valence-corrected chi connectivity index (χ1v) is 7.37. The van der Waals surface area contributed by atoms with Gasteiger partial charge < -0.3 is 5.73 Å². The van der Waals surface area contributed by atoms with Crippen molar-refractivity contribution in [1.82, 2.24) is 0 Å². The third-order valence-electron chi connectivity index (χ3n) is 3.18. The summed E-state index contributed by atoms with van der Waals surface area (Å²) in [5.74, 6) is 0. The van der Waals surface area contributed by atoms with E-state index < -0.39 is 4.92 Å². The Morgan fingerprint density at radius 2 is 2.14 bits per heavy atom. The largest absolute Gasteiger partial charge is 0.397 e. The number of hydrogen-bond donors (Lipinski definition) is 1. The molecule has 0 spiro atoms. The van der Waals surface area contributed by atoms with E-state index in [2.05, 4.69) is 6.07 Å². The molecule has 2 aromatic rings. The summed E-state index contributed by atoms with van der Waals surface area (Å²) >= 11 is 1.30. The molecule has 0 amide bonds. The van der Waals surface area contributed by atoms with E-state index in [1.54, 1.807) is 6.07 Å². The van der Waals surface area contributed by atoms with Gasteiger partial charge in [-0.1, -0.05) is 19.4 Å². The van der Waals surface area contributed by atoms with Crippen LogP contribution in [0.1, 0.15) is 29.3 Å². The van der Waals surface area contributed by atoms with Gasteiger partial charge in [0.1, 0.15) is 10.9 Å². The average Bonchev–Trinajstić information content (AvgIpc) is 2.75. The van der Waals surface area contributed by atoms with E-state index in [0.29, 0.717) is 10.6 Å². The minimum Gasteiger partial charge on any atom is -0.397 e. The van der Waals surface area contributed by atoms with Gasteiger partial charge in [0.05, 0.1) is 10.6 Å². The first-order valence-electron chi connectivity index (χ1n) is 6.55. The molecule has 2 N–H and O–H groups in total. The lowest BCUT2D eigenvalue weighted by atomic mass is 10.0. The van der Waals surface area contributed by atoms with Crippen LogP contribution < -0.4 is 5.73 Å². The van der Waals surface area contributed by atoms with Gasteiger partial charge >= 0.3 is 0 Å². The number of thiophene rings is 1. The van der Waals surface area contributed by atoms with Crippen molar-refractivity contribution in [3.63, 3.8) is 0 Å². The Morgan fingerprint density at radius 1 is 1.43 bits per heavy atom. The normalized spacial score (nSPS) is 10.3. The summed E-state index contributed by atoms with van der Waals surface area (Å²) in [6, 6.07) is 7.06. The van der Waals surface area contributed by atoms with Gasteiger partial charge in [-0.25, -0.2) is 0 Å². The molecular formula is C15H15N3O2S. The molecule has 0 aliphatic rings. The molecule has 0 atom stereocenters. The molecule has 21 heavy (non-hydrogen) atoms. The van der Waals surface area contributed by atoms with Crippen LogP contribution in [0, 0.1) is 28.4 Å². The average molecular weight is 301 g/mol. The number of nitrogen functional groups attached to an aromatic ring is 1. The second-order valence-electron chi connectivity index (χ2n) is 4.83. The number of hydrogen-bond acceptors (Lipinski definition) is 5. The van der Waals surface area contributed by atoms with Gasteiger partial charge in [0.2, 0.25) is 0 Å². The number of nitriles is 1. The quantitative estimate of drug-likeness (QED) is 0.681. The molecule has 1 heterocycles. The Labute approximate surface area is 126 Å². The minimum absolute atomic E-state index is 0.0536. The first kappa shape index (κ1) is 15.0. The smallest absolute Gasteiger partial charge is 0.270 e. The number of non-ortho nitro benzene ring substituents is 1. The van der Waals surface area contributed by atoms with Crippen LogP contribution in [0.2, 0.25) is 0 Å². The molecule has 0 unspecified atom stereocenters. The van der Waals surface area contributed by atoms with Gasteiger partial charge in [0.15, 0.2) is 0 Å². The third kappa shape index (κ3) is 2.88. The lowest BCUT2D eigenvalue weighted by Gasteiger charge is -2.05. The number of anilines is 1. The highest BCUT2D eigenvalue weighted by Crippen LogP contribution is 2.40. The fraction of sp³-hybridized carbons (Fsp3) is 0.267. The van der Waals surface area contributed by atoms with Crippen LogP contribution >= 0.6 is 11.3 Å². The fourth-order valence-corrected chi connectivity index (χ4v) is 3.35. The maximum absolute atomic E-state index is 11.0. The maximum Gasteiger partial charge on any atom is 0.270 e. The Balaban J connectivity index is 2.66. The van der Waals surface area contributed by atoms with Crippen LogP contribution in [0.3, 0.4) is 0 Å². The molecule has 0 radical (unpaired) electrons. The van der Waals surface area contributed by atoms with Crippen LogP contribution in [0.5, 0.6) is 0 Å². The Morgan fingerprint density at radius 3 is 2.71 bits per heavy atom. The van der Waals surface area contributed by atoms with E-state index in [9.17, 15) is 10.1 Å².